The van der Waals surface area contributed by atoms with Crippen molar-refractivity contribution in [2.45, 2.75) is 0 Å². The van der Waals surface area contributed by atoms with Gasteiger partial charge in [0.15, 0.2) is 0 Å². The summed E-state index contributed by atoms with van der Waals surface area (Å²) in [5.41, 5.74) is 0.956. The van der Waals surface area contributed by atoms with Gasteiger partial charge >= 0.3 is 0 Å². The molecule has 0 fully saturated rings. The van der Waals surface area contributed by atoms with Crippen LogP contribution in [0.3, 0.4) is 0 Å². The SMILES string of the molecule is CS(=O)(=O)Nc1cccc(C(=O)Nc2cc(Cl)ccc2Cl)c1. The first-order chi connectivity index (χ1) is 10.2. The lowest BCUT2D eigenvalue weighted by Crippen LogP contribution is -2.14. The Bertz CT molecular complexity index is 823. The first-order valence-electron chi connectivity index (χ1n) is 6.09. The summed E-state index contributed by atoms with van der Waals surface area (Å²) in [5.74, 6) is -0.429. The summed E-state index contributed by atoms with van der Waals surface area (Å²) in [6.07, 6.45) is 1.03. The van der Waals surface area contributed by atoms with Crippen LogP contribution in [0.25, 0.3) is 0 Å². The summed E-state index contributed by atoms with van der Waals surface area (Å²) in [6, 6.07) is 10.8. The molecule has 116 valence electrons. The number of hydrogen-bond donors (Lipinski definition) is 2. The third-order valence-electron chi connectivity index (χ3n) is 2.60. The summed E-state index contributed by atoms with van der Waals surface area (Å²) in [7, 11) is -3.41. The molecular weight excluding hydrogens is 347 g/mol. The molecule has 0 unspecified atom stereocenters. The van der Waals surface area contributed by atoms with Crippen LogP contribution in [0.2, 0.25) is 10.0 Å². The van der Waals surface area contributed by atoms with Gasteiger partial charge in [-0.2, -0.15) is 0 Å². The summed E-state index contributed by atoms with van der Waals surface area (Å²) in [4.78, 5) is 12.2. The van der Waals surface area contributed by atoms with Gasteiger partial charge in [0.1, 0.15) is 0 Å². The minimum absolute atomic E-state index is 0.282. The Labute approximate surface area is 138 Å². The van der Waals surface area contributed by atoms with Crippen LogP contribution >= 0.6 is 23.2 Å². The Kier molecular flexibility index (Phi) is 4.95. The first kappa shape index (κ1) is 16.6. The standard InChI is InChI=1S/C14H12Cl2N2O3S/c1-22(20,21)18-11-4-2-3-9(7-11)14(19)17-13-8-10(15)5-6-12(13)16/h2-8,18H,1H3,(H,17,19). The maximum atomic E-state index is 12.2. The van der Waals surface area contributed by atoms with Crippen molar-refractivity contribution >= 4 is 50.5 Å². The van der Waals surface area contributed by atoms with Gasteiger partial charge in [0.05, 0.1) is 17.0 Å². The highest BCUT2D eigenvalue weighted by Gasteiger charge is 2.11. The van der Waals surface area contributed by atoms with Gasteiger partial charge in [-0.15, -0.1) is 0 Å². The lowest BCUT2D eigenvalue weighted by atomic mass is 10.2. The molecule has 0 saturated carbocycles. The number of hydrogen-bond acceptors (Lipinski definition) is 3. The molecule has 2 N–H and O–H groups in total. The predicted molar refractivity (Wildman–Crippen MR) is 89.3 cm³/mol. The Morgan fingerprint density at radius 3 is 2.50 bits per heavy atom. The summed E-state index contributed by atoms with van der Waals surface area (Å²) in [6.45, 7) is 0. The molecule has 0 spiro atoms. The number of carbonyl (C=O) groups excluding carboxylic acids is 1. The van der Waals surface area contributed by atoms with Crippen LogP contribution in [0, 0.1) is 0 Å². The smallest absolute Gasteiger partial charge is 0.255 e. The molecule has 5 nitrogen and oxygen atoms in total. The lowest BCUT2D eigenvalue weighted by molar-refractivity contribution is 0.102. The highest BCUT2D eigenvalue weighted by Crippen LogP contribution is 2.26. The third-order valence-corrected chi connectivity index (χ3v) is 3.78. The van der Waals surface area contributed by atoms with Crippen LogP contribution in [-0.4, -0.2) is 20.6 Å². The van der Waals surface area contributed by atoms with Crippen molar-refractivity contribution in [3.63, 3.8) is 0 Å². The van der Waals surface area contributed by atoms with Crippen LogP contribution in [-0.2, 0) is 10.0 Å². The topological polar surface area (TPSA) is 75.3 Å². The van der Waals surface area contributed by atoms with Crippen LogP contribution < -0.4 is 10.0 Å². The number of amides is 1. The van der Waals surface area contributed by atoms with E-state index < -0.39 is 15.9 Å². The number of sulfonamides is 1. The van der Waals surface area contributed by atoms with E-state index >= 15 is 0 Å². The van der Waals surface area contributed by atoms with Gasteiger partial charge < -0.3 is 5.32 Å². The molecule has 0 aliphatic rings. The predicted octanol–water partition coefficient (Wildman–Crippen LogP) is 3.62. The van der Waals surface area contributed by atoms with Gasteiger partial charge in [0.25, 0.3) is 5.91 Å². The molecule has 2 aromatic rings. The minimum Gasteiger partial charge on any atom is -0.321 e. The second kappa shape index (κ2) is 6.56. The van der Waals surface area contributed by atoms with Crippen LogP contribution in [0.4, 0.5) is 11.4 Å². The Balaban J connectivity index is 2.23. The maximum absolute atomic E-state index is 12.2. The molecular formula is C14H12Cl2N2O3S. The van der Waals surface area contributed by atoms with Gasteiger partial charge in [-0.25, -0.2) is 8.42 Å². The van der Waals surface area contributed by atoms with E-state index in [1.54, 1.807) is 30.3 Å². The molecule has 0 radical (unpaired) electrons. The second-order valence-corrected chi connectivity index (χ2v) is 7.13. The Morgan fingerprint density at radius 2 is 1.82 bits per heavy atom. The normalized spacial score (nSPS) is 11.0. The van der Waals surface area contributed by atoms with E-state index in [2.05, 4.69) is 10.0 Å². The maximum Gasteiger partial charge on any atom is 0.255 e. The molecule has 1 amide bonds. The number of carbonyl (C=O) groups is 1. The van der Waals surface area contributed by atoms with Gasteiger partial charge in [0.2, 0.25) is 10.0 Å². The minimum atomic E-state index is -3.41. The quantitative estimate of drug-likeness (QED) is 0.876. The molecule has 2 rings (SSSR count). The van der Waals surface area contributed by atoms with E-state index in [1.807, 2.05) is 0 Å². The average Bonchev–Trinajstić information content (AvgIpc) is 2.41. The van der Waals surface area contributed by atoms with Gasteiger partial charge in [-0.3, -0.25) is 9.52 Å². The van der Waals surface area contributed by atoms with Crippen molar-refractivity contribution in [2.75, 3.05) is 16.3 Å². The number of nitrogens with one attached hydrogen (secondary N) is 2. The summed E-state index contributed by atoms with van der Waals surface area (Å²) in [5, 5.41) is 3.41. The van der Waals surface area contributed by atoms with Crippen molar-refractivity contribution in [1.29, 1.82) is 0 Å². The molecule has 0 heterocycles. The average molecular weight is 359 g/mol. The van der Waals surface area contributed by atoms with Crippen molar-refractivity contribution in [2.24, 2.45) is 0 Å². The fourth-order valence-corrected chi connectivity index (χ4v) is 2.62. The molecule has 2 aromatic carbocycles. The van der Waals surface area contributed by atoms with Crippen molar-refractivity contribution in [3.8, 4) is 0 Å². The van der Waals surface area contributed by atoms with E-state index in [-0.39, 0.29) is 5.56 Å². The number of benzene rings is 2. The van der Waals surface area contributed by atoms with Crippen molar-refractivity contribution in [1.82, 2.24) is 0 Å². The molecule has 0 aliphatic heterocycles. The molecule has 0 aromatic heterocycles. The number of anilines is 2. The zero-order valence-electron chi connectivity index (χ0n) is 11.4. The van der Waals surface area contributed by atoms with Crippen molar-refractivity contribution in [3.05, 3.63) is 58.1 Å². The number of halogens is 2. The highest BCUT2D eigenvalue weighted by atomic mass is 35.5. The van der Waals surface area contributed by atoms with Crippen LogP contribution in [0.15, 0.2) is 42.5 Å². The van der Waals surface area contributed by atoms with E-state index in [0.29, 0.717) is 21.4 Å². The zero-order valence-corrected chi connectivity index (χ0v) is 13.8. The molecule has 0 saturated heterocycles. The molecule has 0 aliphatic carbocycles. The lowest BCUT2D eigenvalue weighted by Gasteiger charge is -2.09. The van der Waals surface area contributed by atoms with Gasteiger partial charge in [0, 0.05) is 16.3 Å². The van der Waals surface area contributed by atoms with E-state index in [1.165, 1.54) is 12.1 Å². The monoisotopic (exact) mass is 358 g/mol. The van der Waals surface area contributed by atoms with Gasteiger partial charge in [-0.1, -0.05) is 29.3 Å². The first-order valence-corrected chi connectivity index (χ1v) is 8.73. The summed E-state index contributed by atoms with van der Waals surface area (Å²) >= 11 is 11.8. The largest absolute Gasteiger partial charge is 0.321 e. The highest BCUT2D eigenvalue weighted by molar-refractivity contribution is 7.92. The fourth-order valence-electron chi connectivity index (χ4n) is 1.73. The molecule has 8 heteroatoms. The molecule has 22 heavy (non-hydrogen) atoms. The summed E-state index contributed by atoms with van der Waals surface area (Å²) < 4.78 is 24.7. The van der Waals surface area contributed by atoms with Crippen molar-refractivity contribution < 1.29 is 13.2 Å². The van der Waals surface area contributed by atoms with E-state index in [0.717, 1.165) is 6.26 Å². The molecule has 0 bridgehead atoms. The zero-order chi connectivity index (χ0) is 16.3. The Morgan fingerprint density at radius 1 is 1.09 bits per heavy atom. The van der Waals surface area contributed by atoms with Gasteiger partial charge in [-0.05, 0) is 36.4 Å². The van der Waals surface area contributed by atoms with E-state index in [4.69, 9.17) is 23.2 Å². The molecule has 0 atom stereocenters. The third kappa shape index (κ3) is 4.62. The number of rotatable bonds is 4. The fraction of sp³-hybridized carbons (Fsp3) is 0.0714. The van der Waals surface area contributed by atoms with Crippen LogP contribution in [0.5, 0.6) is 0 Å². The second-order valence-electron chi connectivity index (χ2n) is 4.53. The van der Waals surface area contributed by atoms with E-state index in [9.17, 15) is 13.2 Å². The Hall–Kier alpha value is -1.76. The van der Waals surface area contributed by atoms with Crippen LogP contribution in [0.1, 0.15) is 10.4 Å².